The van der Waals surface area contributed by atoms with E-state index in [9.17, 15) is 22.8 Å². The van der Waals surface area contributed by atoms with Crippen molar-refractivity contribution < 1.29 is 27.5 Å². The normalized spacial score (nSPS) is 15.0. The van der Waals surface area contributed by atoms with E-state index >= 15 is 0 Å². The Balaban J connectivity index is 1.71. The van der Waals surface area contributed by atoms with Gasteiger partial charge in [0, 0.05) is 26.6 Å². The minimum atomic E-state index is -3.92. The van der Waals surface area contributed by atoms with Gasteiger partial charge in [-0.2, -0.15) is 0 Å². The summed E-state index contributed by atoms with van der Waals surface area (Å²) in [7, 11) is -0.885. The number of sulfonamides is 1. The molecule has 1 N–H and O–H groups in total. The Morgan fingerprint density at radius 2 is 1.88 bits per heavy atom. The lowest BCUT2D eigenvalue weighted by atomic mass is 10.1. The van der Waals surface area contributed by atoms with Gasteiger partial charge in [-0.15, -0.1) is 0 Å². The van der Waals surface area contributed by atoms with Crippen molar-refractivity contribution in [1.82, 2.24) is 14.5 Å². The number of carbonyl (C=O) groups is 3. The molecule has 2 aromatic carbocycles. The van der Waals surface area contributed by atoms with Crippen molar-refractivity contribution in [1.29, 1.82) is 0 Å². The summed E-state index contributed by atoms with van der Waals surface area (Å²) in [6.45, 7) is 1.68. The van der Waals surface area contributed by atoms with Crippen LogP contribution in [0.5, 0.6) is 5.75 Å². The molecule has 1 atom stereocenters. The lowest BCUT2D eigenvalue weighted by molar-refractivity contribution is -0.140. The van der Waals surface area contributed by atoms with Crippen LogP contribution >= 0.6 is 0 Å². The fraction of sp³-hybridized carbons (Fsp3) is 0.348. The van der Waals surface area contributed by atoms with E-state index in [2.05, 4.69) is 5.32 Å². The van der Waals surface area contributed by atoms with Crippen molar-refractivity contribution in [3.63, 3.8) is 0 Å². The van der Waals surface area contributed by atoms with Crippen LogP contribution in [0.4, 0.5) is 0 Å². The van der Waals surface area contributed by atoms with Crippen molar-refractivity contribution in [3.8, 4) is 5.75 Å². The number of nitrogens with one attached hydrogen (secondary N) is 1. The van der Waals surface area contributed by atoms with Crippen molar-refractivity contribution in [3.05, 3.63) is 59.7 Å². The molecular weight excluding hydrogens is 446 g/mol. The zero-order valence-electron chi connectivity index (χ0n) is 18.8. The molecule has 176 valence electrons. The number of ether oxygens (including phenoxy) is 1. The van der Waals surface area contributed by atoms with E-state index in [-0.39, 0.29) is 48.2 Å². The van der Waals surface area contributed by atoms with Crippen molar-refractivity contribution in [2.45, 2.75) is 37.2 Å². The van der Waals surface area contributed by atoms with E-state index in [1.165, 1.54) is 24.1 Å². The van der Waals surface area contributed by atoms with Crippen LogP contribution in [0.15, 0.2) is 53.4 Å². The molecule has 33 heavy (non-hydrogen) atoms. The van der Waals surface area contributed by atoms with E-state index in [0.717, 1.165) is 9.87 Å². The van der Waals surface area contributed by atoms with Gasteiger partial charge in [0.25, 0.3) is 15.9 Å². The van der Waals surface area contributed by atoms with Crippen LogP contribution in [0.2, 0.25) is 0 Å². The molecule has 0 radical (unpaired) electrons. The molecule has 0 aromatic heterocycles. The number of nitrogens with zero attached hydrogens (tertiary/aromatic N) is 2. The Labute approximate surface area is 193 Å². The van der Waals surface area contributed by atoms with Gasteiger partial charge in [0.15, 0.2) is 0 Å². The SMILES string of the molecule is CNC(=O)[C@H](C)N(Cc1cccc(OC)c1)C(=O)CCCN1C(=O)c2ccccc2S1(=O)=O. The number of fused-ring (bicyclic) bond motifs is 1. The Kier molecular flexibility index (Phi) is 7.37. The maximum atomic E-state index is 13.1. The third-order valence-electron chi connectivity index (χ3n) is 5.56. The third kappa shape index (κ3) is 5.00. The second-order valence-electron chi connectivity index (χ2n) is 7.65. The first-order valence-corrected chi connectivity index (χ1v) is 11.9. The molecule has 3 rings (SSSR count). The average molecular weight is 474 g/mol. The highest BCUT2D eigenvalue weighted by molar-refractivity contribution is 7.90. The monoisotopic (exact) mass is 473 g/mol. The van der Waals surface area contributed by atoms with E-state index in [1.54, 1.807) is 44.4 Å². The number of hydrogen-bond acceptors (Lipinski definition) is 6. The van der Waals surface area contributed by atoms with Crippen LogP contribution in [0, 0.1) is 0 Å². The van der Waals surface area contributed by atoms with Crippen molar-refractivity contribution in [2.24, 2.45) is 0 Å². The van der Waals surface area contributed by atoms with E-state index in [4.69, 9.17) is 4.74 Å². The zero-order chi connectivity index (χ0) is 24.2. The molecule has 1 aliphatic rings. The first-order valence-electron chi connectivity index (χ1n) is 10.5. The van der Waals surface area contributed by atoms with Gasteiger partial charge in [0.05, 0.1) is 12.7 Å². The first kappa shape index (κ1) is 24.2. The number of rotatable bonds is 9. The second kappa shape index (κ2) is 10.0. The average Bonchev–Trinajstić information content (AvgIpc) is 3.02. The predicted molar refractivity (Wildman–Crippen MR) is 121 cm³/mol. The maximum absolute atomic E-state index is 13.1. The summed E-state index contributed by atoms with van der Waals surface area (Å²) in [5.41, 5.74) is 0.919. The summed E-state index contributed by atoms with van der Waals surface area (Å²) in [5.74, 6) is -0.607. The lowest BCUT2D eigenvalue weighted by Gasteiger charge is -2.28. The number of likely N-dealkylation sites (N-methyl/N-ethyl adjacent to an activating group) is 1. The van der Waals surface area contributed by atoms with E-state index in [1.807, 2.05) is 6.07 Å². The summed E-state index contributed by atoms with van der Waals surface area (Å²) >= 11 is 0. The molecule has 1 aliphatic heterocycles. The van der Waals surface area contributed by atoms with Gasteiger partial charge in [-0.05, 0) is 43.2 Å². The standard InChI is InChI=1S/C23H27N3O6S/c1-16(22(28)24-2)25(15-17-8-6-9-18(14-17)32-3)21(27)12-7-13-26-23(29)19-10-4-5-11-20(19)33(26,30)31/h4-6,8-11,14,16H,7,12-13,15H2,1-3H3,(H,24,28)/t16-/m0/s1. The molecule has 10 heteroatoms. The van der Waals surface area contributed by atoms with E-state index in [0.29, 0.717) is 5.75 Å². The first-order chi connectivity index (χ1) is 15.7. The maximum Gasteiger partial charge on any atom is 0.269 e. The van der Waals surface area contributed by atoms with Gasteiger partial charge in [-0.25, -0.2) is 12.7 Å². The van der Waals surface area contributed by atoms with Crippen LogP contribution in [-0.4, -0.2) is 62.1 Å². The number of carbonyl (C=O) groups excluding carboxylic acids is 3. The van der Waals surface area contributed by atoms with E-state index < -0.39 is 22.0 Å². The molecule has 0 spiro atoms. The summed E-state index contributed by atoms with van der Waals surface area (Å²) in [4.78, 5) is 39.3. The van der Waals surface area contributed by atoms with Crippen LogP contribution in [0.25, 0.3) is 0 Å². The summed E-state index contributed by atoms with van der Waals surface area (Å²) in [6, 6.07) is 12.5. The van der Waals surface area contributed by atoms with Crippen LogP contribution in [0.1, 0.15) is 35.7 Å². The molecule has 9 nitrogen and oxygen atoms in total. The molecule has 0 unspecified atom stereocenters. The highest BCUT2D eigenvalue weighted by Gasteiger charge is 2.40. The molecule has 2 aromatic rings. The number of benzene rings is 2. The molecule has 0 saturated carbocycles. The fourth-order valence-corrected chi connectivity index (χ4v) is 5.34. The summed E-state index contributed by atoms with van der Waals surface area (Å²) in [5, 5.41) is 2.55. The Bertz CT molecular complexity index is 1160. The molecule has 0 bridgehead atoms. The smallest absolute Gasteiger partial charge is 0.269 e. The summed E-state index contributed by atoms with van der Waals surface area (Å²) in [6.07, 6.45) is 0.105. The van der Waals surface area contributed by atoms with Gasteiger partial charge < -0.3 is 15.0 Å². The predicted octanol–water partition coefficient (Wildman–Crippen LogP) is 1.78. The van der Waals surface area contributed by atoms with Gasteiger partial charge in [-0.3, -0.25) is 14.4 Å². The quantitative estimate of drug-likeness (QED) is 0.594. The highest BCUT2D eigenvalue weighted by atomic mass is 32.2. The van der Waals surface area contributed by atoms with Crippen LogP contribution in [-0.2, 0) is 26.2 Å². The number of methoxy groups -OCH3 is 1. The molecule has 0 fully saturated rings. The molecule has 0 aliphatic carbocycles. The van der Waals surface area contributed by atoms with Gasteiger partial charge >= 0.3 is 0 Å². The zero-order valence-corrected chi connectivity index (χ0v) is 19.6. The molecular formula is C23H27N3O6S. The van der Waals surface area contributed by atoms with Crippen molar-refractivity contribution in [2.75, 3.05) is 20.7 Å². The molecule has 3 amide bonds. The second-order valence-corrected chi connectivity index (χ2v) is 9.48. The largest absolute Gasteiger partial charge is 0.497 e. The number of hydrogen-bond donors (Lipinski definition) is 1. The highest BCUT2D eigenvalue weighted by Crippen LogP contribution is 2.30. The minimum Gasteiger partial charge on any atom is -0.497 e. The van der Waals surface area contributed by atoms with Gasteiger partial charge in [-0.1, -0.05) is 24.3 Å². The topological polar surface area (TPSA) is 113 Å². The Morgan fingerprint density at radius 3 is 2.55 bits per heavy atom. The minimum absolute atomic E-state index is 0.0192. The Morgan fingerprint density at radius 1 is 1.15 bits per heavy atom. The lowest BCUT2D eigenvalue weighted by Crippen LogP contribution is -2.46. The van der Waals surface area contributed by atoms with Crippen LogP contribution in [0.3, 0.4) is 0 Å². The van der Waals surface area contributed by atoms with Crippen LogP contribution < -0.4 is 10.1 Å². The number of amides is 3. The fourth-order valence-electron chi connectivity index (χ4n) is 3.73. The van der Waals surface area contributed by atoms with Gasteiger partial charge in [0.2, 0.25) is 11.8 Å². The molecule has 1 heterocycles. The van der Waals surface area contributed by atoms with Crippen molar-refractivity contribution >= 4 is 27.7 Å². The third-order valence-corrected chi connectivity index (χ3v) is 7.41. The Hall–Kier alpha value is -3.40. The summed E-state index contributed by atoms with van der Waals surface area (Å²) < 4.78 is 31.4. The molecule has 0 saturated heterocycles. The van der Waals surface area contributed by atoms with Gasteiger partial charge in [0.1, 0.15) is 16.7 Å².